The van der Waals surface area contributed by atoms with Crippen LogP contribution in [0, 0.1) is 0 Å². The van der Waals surface area contributed by atoms with Gasteiger partial charge in [0.25, 0.3) is 0 Å². The maximum atomic E-state index is 10.8. The van der Waals surface area contributed by atoms with E-state index in [4.69, 9.17) is 16.7 Å². The minimum Gasteiger partial charge on any atom is -0.478 e. The first-order valence-electron chi connectivity index (χ1n) is 3.60. The van der Waals surface area contributed by atoms with Gasteiger partial charge in [0, 0.05) is 10.1 Å². The molecular formula is C9H5ClO2S. The summed E-state index contributed by atoms with van der Waals surface area (Å²) in [6.07, 6.45) is 0. The van der Waals surface area contributed by atoms with Gasteiger partial charge in [-0.25, -0.2) is 4.79 Å². The fourth-order valence-corrected chi connectivity index (χ4v) is 2.39. The normalized spacial score (nSPS) is 10.5. The summed E-state index contributed by atoms with van der Waals surface area (Å²) in [6, 6.07) is 6.84. The van der Waals surface area contributed by atoms with Crippen molar-refractivity contribution in [3.63, 3.8) is 0 Å². The Hall–Kier alpha value is -1.06. The lowest BCUT2D eigenvalue weighted by Crippen LogP contribution is -1.95. The molecule has 0 aliphatic rings. The topological polar surface area (TPSA) is 37.3 Å². The van der Waals surface area contributed by atoms with Crippen LogP contribution in [0.4, 0.5) is 0 Å². The fraction of sp³-hybridized carbons (Fsp3) is 0. The molecule has 4 heteroatoms. The molecule has 0 aliphatic carbocycles. The summed E-state index contributed by atoms with van der Waals surface area (Å²) < 4.78 is 1.52. The lowest BCUT2D eigenvalue weighted by molar-refractivity contribution is 0.0699. The van der Waals surface area contributed by atoms with Crippen molar-refractivity contribution in [3.8, 4) is 0 Å². The second-order valence-electron chi connectivity index (χ2n) is 2.57. The minimum absolute atomic E-state index is 0.306. The van der Waals surface area contributed by atoms with Gasteiger partial charge in [-0.2, -0.15) is 0 Å². The van der Waals surface area contributed by atoms with E-state index in [2.05, 4.69) is 0 Å². The lowest BCUT2D eigenvalue weighted by atomic mass is 10.1. The van der Waals surface area contributed by atoms with Gasteiger partial charge in [0.05, 0.1) is 9.90 Å². The highest BCUT2D eigenvalue weighted by molar-refractivity contribution is 7.22. The van der Waals surface area contributed by atoms with Crippen LogP contribution in [0.2, 0.25) is 4.34 Å². The molecule has 2 aromatic rings. The van der Waals surface area contributed by atoms with Gasteiger partial charge in [-0.1, -0.05) is 17.7 Å². The molecule has 1 aromatic carbocycles. The molecule has 0 aliphatic heterocycles. The van der Waals surface area contributed by atoms with Gasteiger partial charge in [0.2, 0.25) is 0 Å². The lowest BCUT2D eigenvalue weighted by Gasteiger charge is -1.94. The van der Waals surface area contributed by atoms with Crippen molar-refractivity contribution in [1.29, 1.82) is 0 Å². The molecule has 0 radical (unpaired) electrons. The molecule has 2 rings (SSSR count). The Kier molecular flexibility index (Phi) is 1.98. The Morgan fingerprint density at radius 1 is 1.46 bits per heavy atom. The molecule has 1 aromatic heterocycles. The molecule has 1 heterocycles. The third-order valence-corrected chi connectivity index (χ3v) is 2.99. The summed E-state index contributed by atoms with van der Waals surface area (Å²) in [7, 11) is 0. The average Bonchev–Trinajstić information content (AvgIpc) is 2.43. The molecule has 0 bridgehead atoms. The molecule has 0 unspecified atom stereocenters. The molecule has 1 N–H and O–H groups in total. The van der Waals surface area contributed by atoms with E-state index in [0.29, 0.717) is 15.3 Å². The standard InChI is InChI=1S/C9H5ClO2S/c10-8-4-6-5(9(11)12)2-1-3-7(6)13-8/h1-4H,(H,11,12). The van der Waals surface area contributed by atoms with Crippen LogP contribution in [0.15, 0.2) is 24.3 Å². The number of thiophene rings is 1. The van der Waals surface area contributed by atoms with Crippen molar-refractivity contribution in [2.45, 2.75) is 0 Å². The largest absolute Gasteiger partial charge is 0.478 e. The van der Waals surface area contributed by atoms with Crippen LogP contribution in [0.3, 0.4) is 0 Å². The van der Waals surface area contributed by atoms with Crippen molar-refractivity contribution in [1.82, 2.24) is 0 Å². The highest BCUT2D eigenvalue weighted by atomic mass is 35.5. The summed E-state index contributed by atoms with van der Waals surface area (Å²) >= 11 is 7.17. The van der Waals surface area contributed by atoms with Gasteiger partial charge in [-0.05, 0) is 18.2 Å². The summed E-state index contributed by atoms with van der Waals surface area (Å²) in [4.78, 5) is 10.8. The number of hydrogen-bond acceptors (Lipinski definition) is 2. The number of benzene rings is 1. The molecule has 66 valence electrons. The number of hydrogen-bond donors (Lipinski definition) is 1. The fourth-order valence-electron chi connectivity index (χ4n) is 1.22. The van der Waals surface area contributed by atoms with Crippen LogP contribution < -0.4 is 0 Å². The second kappa shape index (κ2) is 3.01. The van der Waals surface area contributed by atoms with Gasteiger partial charge in [-0.15, -0.1) is 11.3 Å². The van der Waals surface area contributed by atoms with Crippen molar-refractivity contribution in [2.75, 3.05) is 0 Å². The van der Waals surface area contributed by atoms with Crippen LogP contribution >= 0.6 is 22.9 Å². The first-order chi connectivity index (χ1) is 6.18. The molecule has 0 atom stereocenters. The van der Waals surface area contributed by atoms with E-state index in [-0.39, 0.29) is 0 Å². The number of aromatic carboxylic acids is 1. The predicted octanol–water partition coefficient (Wildman–Crippen LogP) is 3.25. The van der Waals surface area contributed by atoms with E-state index in [1.165, 1.54) is 11.3 Å². The van der Waals surface area contributed by atoms with E-state index in [9.17, 15) is 4.79 Å². The first-order valence-corrected chi connectivity index (χ1v) is 4.79. The number of carboxylic acids is 1. The summed E-state index contributed by atoms with van der Waals surface area (Å²) in [5.74, 6) is -0.917. The van der Waals surface area contributed by atoms with Crippen LogP contribution in [0.5, 0.6) is 0 Å². The number of rotatable bonds is 1. The molecule has 0 amide bonds. The average molecular weight is 213 g/mol. The summed E-state index contributed by atoms with van der Waals surface area (Å²) in [5, 5.41) is 9.57. The molecule has 0 saturated heterocycles. The Bertz CT molecular complexity index is 475. The summed E-state index contributed by atoms with van der Waals surface area (Å²) in [6.45, 7) is 0. The highest BCUT2D eigenvalue weighted by Crippen LogP contribution is 2.31. The summed E-state index contributed by atoms with van der Waals surface area (Å²) in [5.41, 5.74) is 0.306. The van der Waals surface area contributed by atoms with Crippen LogP contribution in [0.1, 0.15) is 10.4 Å². The predicted molar refractivity (Wildman–Crippen MR) is 53.8 cm³/mol. The second-order valence-corrected chi connectivity index (χ2v) is 4.29. The Labute approximate surface area is 83.4 Å². The third-order valence-electron chi connectivity index (χ3n) is 1.76. The first kappa shape index (κ1) is 8.53. The smallest absolute Gasteiger partial charge is 0.336 e. The number of carbonyl (C=O) groups is 1. The van der Waals surface area contributed by atoms with Gasteiger partial charge in [-0.3, -0.25) is 0 Å². The van der Waals surface area contributed by atoms with Crippen molar-refractivity contribution >= 4 is 39.0 Å². The number of halogens is 1. The van der Waals surface area contributed by atoms with Crippen LogP contribution in [-0.2, 0) is 0 Å². The molecule has 13 heavy (non-hydrogen) atoms. The zero-order valence-electron chi connectivity index (χ0n) is 6.45. The number of fused-ring (bicyclic) bond motifs is 1. The van der Waals surface area contributed by atoms with Crippen LogP contribution in [0.25, 0.3) is 10.1 Å². The van der Waals surface area contributed by atoms with Gasteiger partial charge in [0.15, 0.2) is 0 Å². The molecular weight excluding hydrogens is 208 g/mol. The molecule has 0 fully saturated rings. The highest BCUT2D eigenvalue weighted by Gasteiger charge is 2.09. The molecule has 2 nitrogen and oxygen atoms in total. The third kappa shape index (κ3) is 1.41. The molecule has 0 spiro atoms. The minimum atomic E-state index is -0.917. The Morgan fingerprint density at radius 3 is 2.92 bits per heavy atom. The van der Waals surface area contributed by atoms with Gasteiger partial charge < -0.3 is 5.11 Å². The van der Waals surface area contributed by atoms with Crippen molar-refractivity contribution in [3.05, 3.63) is 34.2 Å². The number of carboxylic acid groups (broad SMARTS) is 1. The Balaban J connectivity index is 2.82. The maximum absolute atomic E-state index is 10.8. The van der Waals surface area contributed by atoms with E-state index in [0.717, 1.165) is 4.70 Å². The Morgan fingerprint density at radius 2 is 2.23 bits per heavy atom. The molecule has 0 saturated carbocycles. The zero-order chi connectivity index (χ0) is 9.42. The van der Waals surface area contributed by atoms with E-state index in [1.807, 2.05) is 6.07 Å². The zero-order valence-corrected chi connectivity index (χ0v) is 8.02. The quantitative estimate of drug-likeness (QED) is 0.788. The van der Waals surface area contributed by atoms with Gasteiger partial charge in [0.1, 0.15) is 0 Å². The van der Waals surface area contributed by atoms with Crippen LogP contribution in [-0.4, -0.2) is 11.1 Å². The van der Waals surface area contributed by atoms with Crippen molar-refractivity contribution < 1.29 is 9.90 Å². The van der Waals surface area contributed by atoms with E-state index < -0.39 is 5.97 Å². The van der Waals surface area contributed by atoms with E-state index in [1.54, 1.807) is 18.2 Å². The monoisotopic (exact) mass is 212 g/mol. The van der Waals surface area contributed by atoms with Crippen molar-refractivity contribution in [2.24, 2.45) is 0 Å². The van der Waals surface area contributed by atoms with E-state index >= 15 is 0 Å². The SMILES string of the molecule is O=C(O)c1cccc2sc(Cl)cc12. The maximum Gasteiger partial charge on any atom is 0.336 e. The van der Waals surface area contributed by atoms with Gasteiger partial charge >= 0.3 is 5.97 Å².